The number of aromatic amines is 1. The van der Waals surface area contributed by atoms with Gasteiger partial charge in [-0.1, -0.05) is 0 Å². The van der Waals surface area contributed by atoms with Gasteiger partial charge in [0.2, 0.25) is 0 Å². The molecule has 6 heteroatoms. The van der Waals surface area contributed by atoms with Crippen LogP contribution in [0.4, 0.5) is 0 Å². The molecule has 0 saturated carbocycles. The number of hydrogen-bond donors (Lipinski definition) is 1. The van der Waals surface area contributed by atoms with Crippen molar-refractivity contribution in [1.29, 1.82) is 0 Å². The first-order valence-electron chi connectivity index (χ1n) is 10.0. The highest BCUT2D eigenvalue weighted by Crippen LogP contribution is 2.25. The third kappa shape index (κ3) is 3.96. The molecule has 4 rings (SSSR count). The fraction of sp³-hybridized carbons (Fsp3) is 0.571. The second-order valence-electron chi connectivity index (χ2n) is 8.14. The van der Waals surface area contributed by atoms with E-state index in [1.165, 1.54) is 0 Å². The zero-order valence-corrected chi connectivity index (χ0v) is 16.6. The number of likely N-dealkylation sites (tertiary alicyclic amines) is 1. The number of likely N-dealkylation sites (N-methyl/N-ethyl adjacent to an activating group) is 1. The number of piperazine rings is 1. The molecular weight excluding hydrogens is 340 g/mol. The number of amides is 1. The summed E-state index contributed by atoms with van der Waals surface area (Å²) in [6.45, 7) is 9.96. The monoisotopic (exact) mass is 370 g/mol. The molecule has 2 saturated heterocycles. The molecule has 1 aromatic carbocycles. The first-order valence-corrected chi connectivity index (χ1v) is 10.0. The van der Waals surface area contributed by atoms with Crippen molar-refractivity contribution in [3.8, 4) is 5.75 Å². The number of hydrogen-bond acceptors (Lipinski definition) is 4. The van der Waals surface area contributed by atoms with E-state index in [0.29, 0.717) is 11.7 Å². The van der Waals surface area contributed by atoms with Crippen molar-refractivity contribution in [1.82, 2.24) is 19.7 Å². The predicted octanol–water partition coefficient (Wildman–Crippen LogP) is 2.42. The van der Waals surface area contributed by atoms with Crippen LogP contribution in [0.3, 0.4) is 0 Å². The normalized spacial score (nSPS) is 22.1. The number of carbonyl (C=O) groups is 1. The van der Waals surface area contributed by atoms with Crippen LogP contribution < -0.4 is 4.74 Å². The van der Waals surface area contributed by atoms with Crippen LogP contribution >= 0.6 is 0 Å². The van der Waals surface area contributed by atoms with Gasteiger partial charge in [-0.15, -0.1) is 0 Å². The topological polar surface area (TPSA) is 51.8 Å². The summed E-state index contributed by atoms with van der Waals surface area (Å²) in [5.74, 6) is 0.973. The van der Waals surface area contributed by atoms with Gasteiger partial charge in [-0.3, -0.25) is 9.69 Å². The Hall–Kier alpha value is -2.05. The molecule has 1 aromatic heterocycles. The van der Waals surface area contributed by atoms with E-state index in [0.717, 1.165) is 62.3 Å². The second kappa shape index (κ2) is 7.52. The molecule has 1 amide bonds. The van der Waals surface area contributed by atoms with Crippen LogP contribution in [0.5, 0.6) is 5.75 Å². The maximum absolute atomic E-state index is 12.8. The van der Waals surface area contributed by atoms with E-state index < -0.39 is 0 Å². The van der Waals surface area contributed by atoms with Gasteiger partial charge in [-0.25, -0.2) is 0 Å². The predicted molar refractivity (Wildman–Crippen MR) is 107 cm³/mol. The van der Waals surface area contributed by atoms with Crippen LogP contribution in [0.1, 0.15) is 30.8 Å². The standard InChI is InChI=1S/C21H30N4O2/c1-15(2)25-7-6-18(14-25)27-17-4-5-19-16(12-17)13-20(22-19)21(26)24-10-8-23(3)9-11-24/h4-5,12-13,15,18,22H,6-11,14H2,1-3H3. The van der Waals surface area contributed by atoms with Gasteiger partial charge in [-0.05, 0) is 51.6 Å². The molecule has 6 nitrogen and oxygen atoms in total. The van der Waals surface area contributed by atoms with Crippen LogP contribution in [0, 0.1) is 0 Å². The van der Waals surface area contributed by atoms with Crippen molar-refractivity contribution < 1.29 is 9.53 Å². The summed E-state index contributed by atoms with van der Waals surface area (Å²) in [4.78, 5) is 22.7. The van der Waals surface area contributed by atoms with Crippen molar-refractivity contribution in [3.05, 3.63) is 30.0 Å². The molecule has 0 aliphatic carbocycles. The second-order valence-corrected chi connectivity index (χ2v) is 8.14. The summed E-state index contributed by atoms with van der Waals surface area (Å²) in [7, 11) is 2.09. The molecule has 2 aromatic rings. The summed E-state index contributed by atoms with van der Waals surface area (Å²) < 4.78 is 6.21. The lowest BCUT2D eigenvalue weighted by Gasteiger charge is -2.32. The summed E-state index contributed by atoms with van der Waals surface area (Å²) in [5, 5.41) is 1.03. The van der Waals surface area contributed by atoms with Crippen LogP contribution in [0.25, 0.3) is 10.9 Å². The average molecular weight is 370 g/mol. The van der Waals surface area contributed by atoms with Crippen LogP contribution in [-0.4, -0.2) is 84.1 Å². The van der Waals surface area contributed by atoms with E-state index in [1.807, 2.05) is 29.2 Å². The van der Waals surface area contributed by atoms with E-state index >= 15 is 0 Å². The number of rotatable bonds is 4. The van der Waals surface area contributed by atoms with Crippen molar-refractivity contribution in [3.63, 3.8) is 0 Å². The zero-order chi connectivity index (χ0) is 19.0. The lowest BCUT2D eigenvalue weighted by Crippen LogP contribution is -2.47. The van der Waals surface area contributed by atoms with Gasteiger partial charge in [0.1, 0.15) is 17.5 Å². The molecule has 2 aliphatic rings. The molecule has 27 heavy (non-hydrogen) atoms. The summed E-state index contributed by atoms with van der Waals surface area (Å²) >= 11 is 0. The maximum Gasteiger partial charge on any atom is 0.270 e. The number of aromatic nitrogens is 1. The Morgan fingerprint density at radius 2 is 1.93 bits per heavy atom. The number of H-pyrrole nitrogens is 1. The van der Waals surface area contributed by atoms with E-state index in [9.17, 15) is 4.79 Å². The van der Waals surface area contributed by atoms with Crippen molar-refractivity contribution in [2.24, 2.45) is 0 Å². The molecule has 3 heterocycles. The number of fused-ring (bicyclic) bond motifs is 1. The fourth-order valence-corrected chi connectivity index (χ4v) is 3.99. The average Bonchev–Trinajstić information content (AvgIpc) is 3.28. The smallest absolute Gasteiger partial charge is 0.270 e. The molecular formula is C21H30N4O2. The van der Waals surface area contributed by atoms with E-state index in [4.69, 9.17) is 4.74 Å². The maximum atomic E-state index is 12.8. The van der Waals surface area contributed by atoms with Crippen molar-refractivity contribution >= 4 is 16.8 Å². The Balaban J connectivity index is 1.45. The summed E-state index contributed by atoms with van der Waals surface area (Å²) in [6, 6.07) is 8.58. The zero-order valence-electron chi connectivity index (χ0n) is 16.6. The quantitative estimate of drug-likeness (QED) is 0.898. The van der Waals surface area contributed by atoms with Gasteiger partial charge >= 0.3 is 0 Å². The van der Waals surface area contributed by atoms with Gasteiger partial charge in [0.25, 0.3) is 5.91 Å². The number of ether oxygens (including phenoxy) is 1. The molecule has 2 fully saturated rings. The SMILES string of the molecule is CC(C)N1CCC(Oc2ccc3[nH]c(C(=O)N4CCN(C)CC4)cc3c2)C1. The largest absolute Gasteiger partial charge is 0.489 e. The van der Waals surface area contributed by atoms with E-state index in [2.05, 4.69) is 35.7 Å². The molecule has 1 atom stereocenters. The first kappa shape index (κ1) is 18.3. The Morgan fingerprint density at radius 1 is 1.15 bits per heavy atom. The lowest BCUT2D eigenvalue weighted by molar-refractivity contribution is 0.0659. The van der Waals surface area contributed by atoms with Gasteiger partial charge in [0.05, 0.1) is 0 Å². The van der Waals surface area contributed by atoms with Gasteiger partial charge in [0, 0.05) is 56.2 Å². The molecule has 1 N–H and O–H groups in total. The molecule has 146 valence electrons. The number of nitrogens with zero attached hydrogens (tertiary/aromatic N) is 3. The minimum absolute atomic E-state index is 0.0881. The summed E-state index contributed by atoms with van der Waals surface area (Å²) in [5.41, 5.74) is 1.65. The molecule has 0 bridgehead atoms. The third-order valence-corrected chi connectivity index (χ3v) is 5.82. The van der Waals surface area contributed by atoms with Gasteiger partial charge < -0.3 is 19.5 Å². The van der Waals surface area contributed by atoms with Gasteiger partial charge in [0.15, 0.2) is 0 Å². The molecule has 0 radical (unpaired) electrons. The van der Waals surface area contributed by atoms with Crippen molar-refractivity contribution in [2.45, 2.75) is 32.4 Å². The lowest BCUT2D eigenvalue weighted by atomic mass is 10.2. The van der Waals surface area contributed by atoms with Crippen LogP contribution in [0.15, 0.2) is 24.3 Å². The number of benzene rings is 1. The highest BCUT2D eigenvalue weighted by atomic mass is 16.5. The molecule has 0 spiro atoms. The van der Waals surface area contributed by atoms with Crippen molar-refractivity contribution in [2.75, 3.05) is 46.3 Å². The minimum atomic E-state index is 0.0881. The highest BCUT2D eigenvalue weighted by molar-refractivity contribution is 5.98. The Morgan fingerprint density at radius 3 is 2.63 bits per heavy atom. The van der Waals surface area contributed by atoms with Gasteiger partial charge in [-0.2, -0.15) is 0 Å². The van der Waals surface area contributed by atoms with Crippen LogP contribution in [-0.2, 0) is 0 Å². The first-order chi connectivity index (χ1) is 13.0. The number of carbonyl (C=O) groups excluding carboxylic acids is 1. The minimum Gasteiger partial charge on any atom is -0.489 e. The highest BCUT2D eigenvalue weighted by Gasteiger charge is 2.26. The number of nitrogens with one attached hydrogen (secondary N) is 1. The Labute approximate surface area is 161 Å². The Kier molecular flexibility index (Phi) is 5.10. The third-order valence-electron chi connectivity index (χ3n) is 5.82. The summed E-state index contributed by atoms with van der Waals surface area (Å²) in [6.07, 6.45) is 1.31. The fourth-order valence-electron chi connectivity index (χ4n) is 3.99. The van der Waals surface area contributed by atoms with E-state index in [-0.39, 0.29) is 12.0 Å². The molecule has 1 unspecified atom stereocenters. The Bertz CT molecular complexity index is 808. The van der Waals surface area contributed by atoms with Crippen LogP contribution in [0.2, 0.25) is 0 Å². The molecule has 2 aliphatic heterocycles. The van der Waals surface area contributed by atoms with E-state index in [1.54, 1.807) is 0 Å².